The van der Waals surface area contributed by atoms with Crippen LogP contribution in [0.2, 0.25) is 0 Å². The van der Waals surface area contributed by atoms with Crippen molar-refractivity contribution >= 4 is 21.4 Å². The highest BCUT2D eigenvalue weighted by atomic mass is 32.1. The van der Waals surface area contributed by atoms with E-state index in [0.29, 0.717) is 6.04 Å². The minimum absolute atomic E-state index is 0.150. The fraction of sp³-hybridized carbons (Fsp3) is 0.500. The first-order chi connectivity index (χ1) is 9.24. The lowest BCUT2D eigenvalue weighted by molar-refractivity contribution is 0.488. The van der Waals surface area contributed by atoms with Crippen molar-refractivity contribution in [3.8, 4) is 0 Å². The molecule has 1 aromatic heterocycles. The van der Waals surface area contributed by atoms with Crippen LogP contribution in [-0.2, 0) is 0 Å². The maximum absolute atomic E-state index is 13.2. The van der Waals surface area contributed by atoms with Crippen LogP contribution in [0.25, 0.3) is 10.1 Å². The van der Waals surface area contributed by atoms with E-state index in [1.807, 2.05) is 6.07 Å². The molecule has 3 heteroatoms. The number of fused-ring (bicyclic) bond motifs is 1. The molecule has 0 aliphatic carbocycles. The molecule has 1 atom stereocenters. The lowest BCUT2D eigenvalue weighted by Crippen LogP contribution is -2.21. The van der Waals surface area contributed by atoms with Crippen LogP contribution in [0.15, 0.2) is 24.3 Å². The molecule has 19 heavy (non-hydrogen) atoms. The number of hydrogen-bond donors (Lipinski definition) is 1. The third-order valence-electron chi connectivity index (χ3n) is 3.33. The minimum Gasteiger partial charge on any atom is -0.309 e. The molecule has 1 unspecified atom stereocenters. The highest BCUT2D eigenvalue weighted by Gasteiger charge is 2.13. The van der Waals surface area contributed by atoms with E-state index in [0.717, 1.165) is 24.8 Å². The normalized spacial score (nSPS) is 13.0. The maximum atomic E-state index is 13.2. The summed E-state index contributed by atoms with van der Waals surface area (Å²) in [5.41, 5.74) is 0. The Morgan fingerprint density at radius 3 is 2.79 bits per heavy atom. The molecule has 0 radical (unpaired) electrons. The lowest BCUT2D eigenvalue weighted by atomic mass is 10.1. The van der Waals surface area contributed by atoms with Gasteiger partial charge in [-0.1, -0.05) is 26.7 Å². The van der Waals surface area contributed by atoms with Crippen molar-refractivity contribution in [2.24, 2.45) is 0 Å². The van der Waals surface area contributed by atoms with Gasteiger partial charge in [0.1, 0.15) is 5.82 Å². The minimum atomic E-state index is -0.150. The van der Waals surface area contributed by atoms with Crippen LogP contribution < -0.4 is 5.32 Å². The number of rotatable bonds is 7. The molecule has 0 saturated carbocycles. The predicted octanol–water partition coefficient (Wildman–Crippen LogP) is 5.27. The summed E-state index contributed by atoms with van der Waals surface area (Å²) in [6, 6.07) is 7.62. The summed E-state index contributed by atoms with van der Waals surface area (Å²) in [6.45, 7) is 5.44. The zero-order valence-corrected chi connectivity index (χ0v) is 12.5. The van der Waals surface area contributed by atoms with Gasteiger partial charge < -0.3 is 5.32 Å². The Kier molecular flexibility index (Phi) is 5.34. The number of benzene rings is 1. The lowest BCUT2D eigenvalue weighted by Gasteiger charge is -2.16. The highest BCUT2D eigenvalue weighted by Crippen LogP contribution is 2.32. The van der Waals surface area contributed by atoms with Crippen LogP contribution in [0.4, 0.5) is 4.39 Å². The average Bonchev–Trinajstić information content (AvgIpc) is 2.81. The van der Waals surface area contributed by atoms with E-state index in [2.05, 4.69) is 25.2 Å². The van der Waals surface area contributed by atoms with Crippen molar-refractivity contribution in [1.29, 1.82) is 0 Å². The molecule has 0 fully saturated rings. The molecule has 0 spiro atoms. The van der Waals surface area contributed by atoms with Gasteiger partial charge >= 0.3 is 0 Å². The predicted molar refractivity (Wildman–Crippen MR) is 82.3 cm³/mol. The zero-order chi connectivity index (χ0) is 13.7. The first-order valence-corrected chi connectivity index (χ1v) is 7.98. The van der Waals surface area contributed by atoms with E-state index >= 15 is 0 Å². The number of hydrogen-bond acceptors (Lipinski definition) is 2. The molecule has 2 rings (SSSR count). The fourth-order valence-corrected chi connectivity index (χ4v) is 3.43. The second kappa shape index (κ2) is 7.01. The summed E-state index contributed by atoms with van der Waals surface area (Å²) >= 11 is 1.79. The molecular weight excluding hydrogens is 257 g/mol. The molecule has 0 aliphatic rings. The van der Waals surface area contributed by atoms with Gasteiger partial charge in [0.15, 0.2) is 0 Å². The molecule has 1 heterocycles. The van der Waals surface area contributed by atoms with E-state index in [4.69, 9.17) is 0 Å². The summed E-state index contributed by atoms with van der Waals surface area (Å²) in [5, 5.41) is 4.64. The van der Waals surface area contributed by atoms with Gasteiger partial charge in [0.25, 0.3) is 0 Å². The van der Waals surface area contributed by atoms with Crippen molar-refractivity contribution in [2.45, 2.75) is 45.6 Å². The third kappa shape index (κ3) is 3.77. The van der Waals surface area contributed by atoms with E-state index in [1.165, 1.54) is 22.4 Å². The Labute approximate surface area is 118 Å². The first kappa shape index (κ1) is 14.5. The zero-order valence-electron chi connectivity index (χ0n) is 11.7. The molecule has 0 saturated heterocycles. The average molecular weight is 279 g/mol. The van der Waals surface area contributed by atoms with Crippen molar-refractivity contribution in [2.75, 3.05) is 6.54 Å². The summed E-state index contributed by atoms with van der Waals surface area (Å²) in [6.07, 6.45) is 4.74. The summed E-state index contributed by atoms with van der Waals surface area (Å²) in [7, 11) is 0. The van der Waals surface area contributed by atoms with Crippen molar-refractivity contribution < 1.29 is 4.39 Å². The number of halogens is 1. The van der Waals surface area contributed by atoms with Crippen LogP contribution in [0.5, 0.6) is 0 Å². The van der Waals surface area contributed by atoms with Gasteiger partial charge in [-0.3, -0.25) is 0 Å². The van der Waals surface area contributed by atoms with Crippen molar-refractivity contribution in [3.05, 3.63) is 35.0 Å². The molecule has 1 nitrogen and oxygen atoms in total. The Morgan fingerprint density at radius 2 is 2.05 bits per heavy atom. The monoisotopic (exact) mass is 279 g/mol. The Morgan fingerprint density at radius 1 is 1.21 bits per heavy atom. The van der Waals surface area contributed by atoms with Crippen molar-refractivity contribution in [1.82, 2.24) is 5.32 Å². The first-order valence-electron chi connectivity index (χ1n) is 7.17. The van der Waals surface area contributed by atoms with E-state index < -0.39 is 0 Å². The molecule has 1 aromatic carbocycles. The second-order valence-corrected chi connectivity index (χ2v) is 6.10. The Balaban J connectivity index is 2.21. The smallest absolute Gasteiger partial charge is 0.123 e. The summed E-state index contributed by atoms with van der Waals surface area (Å²) in [5.74, 6) is -0.150. The number of nitrogens with one attached hydrogen (secondary N) is 1. The maximum Gasteiger partial charge on any atom is 0.123 e. The van der Waals surface area contributed by atoms with Gasteiger partial charge in [-0.25, -0.2) is 4.39 Å². The highest BCUT2D eigenvalue weighted by molar-refractivity contribution is 7.19. The molecule has 104 valence electrons. The summed E-state index contributed by atoms with van der Waals surface area (Å²) < 4.78 is 14.4. The van der Waals surface area contributed by atoms with Crippen LogP contribution >= 0.6 is 11.3 Å². The topological polar surface area (TPSA) is 12.0 Å². The fourth-order valence-electron chi connectivity index (χ4n) is 2.28. The summed E-state index contributed by atoms with van der Waals surface area (Å²) in [4.78, 5) is 1.34. The second-order valence-electron chi connectivity index (χ2n) is 4.98. The van der Waals surface area contributed by atoms with Crippen molar-refractivity contribution in [3.63, 3.8) is 0 Å². The molecule has 1 N–H and O–H groups in total. The van der Waals surface area contributed by atoms with Gasteiger partial charge in [-0.2, -0.15) is 0 Å². The van der Waals surface area contributed by atoms with Crippen LogP contribution in [0, 0.1) is 5.82 Å². The molecule has 2 aromatic rings. The Bertz CT molecular complexity index is 512. The Hall–Kier alpha value is -0.930. The van der Waals surface area contributed by atoms with Gasteiger partial charge in [0, 0.05) is 15.6 Å². The largest absolute Gasteiger partial charge is 0.309 e. The van der Waals surface area contributed by atoms with Gasteiger partial charge in [0.05, 0.1) is 0 Å². The van der Waals surface area contributed by atoms with Crippen LogP contribution in [0.3, 0.4) is 0 Å². The van der Waals surface area contributed by atoms with Gasteiger partial charge in [0.2, 0.25) is 0 Å². The third-order valence-corrected chi connectivity index (χ3v) is 4.56. The van der Waals surface area contributed by atoms with E-state index in [1.54, 1.807) is 23.5 Å². The van der Waals surface area contributed by atoms with E-state index in [-0.39, 0.29) is 5.82 Å². The molecule has 0 aliphatic heterocycles. The number of thiophene rings is 1. The molecular formula is C16H22FNS. The van der Waals surface area contributed by atoms with Gasteiger partial charge in [-0.05, 0) is 49.0 Å². The number of unbranched alkanes of at least 4 members (excludes halogenated alkanes) is 1. The standard InChI is InChI=1S/C16H22FNS/c1-3-5-6-14(18-9-4-2)16-11-12-10-13(17)7-8-15(12)19-16/h7-8,10-11,14,18H,3-6,9H2,1-2H3. The van der Waals surface area contributed by atoms with Crippen LogP contribution in [0.1, 0.15) is 50.4 Å². The SMILES string of the molecule is CCCCC(NCCC)c1cc2cc(F)ccc2s1. The molecule has 0 bridgehead atoms. The molecule has 0 amide bonds. The quantitative estimate of drug-likeness (QED) is 0.728. The van der Waals surface area contributed by atoms with Crippen LogP contribution in [-0.4, -0.2) is 6.54 Å². The van der Waals surface area contributed by atoms with Gasteiger partial charge in [-0.15, -0.1) is 11.3 Å². The van der Waals surface area contributed by atoms with E-state index in [9.17, 15) is 4.39 Å².